The van der Waals surface area contributed by atoms with Crippen LogP contribution in [-0.4, -0.2) is 15.0 Å². The largest absolute Gasteiger partial charge is 0.364 e. The summed E-state index contributed by atoms with van der Waals surface area (Å²) in [6, 6.07) is 5.42. The molecule has 0 amide bonds. The van der Waals surface area contributed by atoms with Crippen molar-refractivity contribution in [3.8, 4) is 0 Å². The van der Waals surface area contributed by atoms with E-state index in [0.29, 0.717) is 11.7 Å². The molecule has 0 bridgehead atoms. The summed E-state index contributed by atoms with van der Waals surface area (Å²) in [6.45, 7) is 0.585. The molecule has 0 saturated heterocycles. The van der Waals surface area contributed by atoms with Gasteiger partial charge in [-0.15, -0.1) is 0 Å². The molecule has 0 aliphatic heterocycles. The summed E-state index contributed by atoms with van der Waals surface area (Å²) in [4.78, 5) is 12.2. The number of hydrogen-bond donors (Lipinski definition) is 1. The third-order valence-electron chi connectivity index (χ3n) is 1.78. The molecule has 2 rings (SSSR count). The van der Waals surface area contributed by atoms with E-state index in [4.69, 9.17) is 11.6 Å². The van der Waals surface area contributed by atoms with Crippen molar-refractivity contribution < 1.29 is 0 Å². The summed E-state index contributed by atoms with van der Waals surface area (Å²) < 4.78 is 0. The molecule has 2 aromatic heterocycles. The van der Waals surface area contributed by atoms with Gasteiger partial charge in [0.15, 0.2) is 0 Å². The first kappa shape index (κ1) is 9.86. The number of halogens is 1. The van der Waals surface area contributed by atoms with Gasteiger partial charge in [0.2, 0.25) is 0 Å². The van der Waals surface area contributed by atoms with Gasteiger partial charge in [-0.3, -0.25) is 9.97 Å². The minimum atomic E-state index is 0.471. The molecule has 0 saturated carbocycles. The van der Waals surface area contributed by atoms with Gasteiger partial charge >= 0.3 is 0 Å². The molecule has 0 radical (unpaired) electrons. The molecule has 0 unspecified atom stereocenters. The first-order valence-electron chi connectivity index (χ1n) is 4.46. The van der Waals surface area contributed by atoms with Crippen LogP contribution in [-0.2, 0) is 6.54 Å². The molecule has 0 fully saturated rings. The molecule has 1 N–H and O–H groups in total. The maximum absolute atomic E-state index is 5.75. The predicted molar refractivity (Wildman–Crippen MR) is 58.6 cm³/mol. The fraction of sp³-hybridized carbons (Fsp3) is 0.100. The van der Waals surface area contributed by atoms with Gasteiger partial charge in [-0.25, -0.2) is 4.98 Å². The van der Waals surface area contributed by atoms with Crippen molar-refractivity contribution in [2.24, 2.45) is 0 Å². The van der Waals surface area contributed by atoms with E-state index in [1.807, 2.05) is 12.1 Å². The van der Waals surface area contributed by atoms with Crippen molar-refractivity contribution in [1.82, 2.24) is 15.0 Å². The molecule has 2 aromatic rings. The number of nitrogens with zero attached hydrogens (tertiary/aromatic N) is 3. The van der Waals surface area contributed by atoms with Crippen LogP contribution in [0, 0.1) is 0 Å². The summed E-state index contributed by atoms with van der Waals surface area (Å²) in [5, 5.41) is 3.58. The van der Waals surface area contributed by atoms with E-state index < -0.39 is 0 Å². The standard InChI is InChI=1S/C10H9ClN4/c11-9-2-1-3-10(15-9)14-7-8-6-12-4-5-13-8/h1-6H,7H2,(H,14,15). The summed E-state index contributed by atoms with van der Waals surface area (Å²) in [5.74, 6) is 0.730. The molecule has 76 valence electrons. The quantitative estimate of drug-likeness (QED) is 0.806. The molecular formula is C10H9ClN4. The highest BCUT2D eigenvalue weighted by Crippen LogP contribution is 2.09. The van der Waals surface area contributed by atoms with Crippen LogP contribution < -0.4 is 5.32 Å². The molecule has 0 aliphatic rings. The van der Waals surface area contributed by atoms with Gasteiger partial charge in [-0.1, -0.05) is 17.7 Å². The van der Waals surface area contributed by atoms with Crippen molar-refractivity contribution in [3.63, 3.8) is 0 Å². The van der Waals surface area contributed by atoms with Crippen LogP contribution in [0.5, 0.6) is 0 Å². The maximum atomic E-state index is 5.75. The van der Waals surface area contributed by atoms with Gasteiger partial charge in [0.25, 0.3) is 0 Å². The summed E-state index contributed by atoms with van der Waals surface area (Å²) in [7, 11) is 0. The van der Waals surface area contributed by atoms with Gasteiger partial charge in [-0.05, 0) is 12.1 Å². The Morgan fingerprint density at radius 2 is 2.20 bits per heavy atom. The Balaban J connectivity index is 1.99. The maximum Gasteiger partial charge on any atom is 0.131 e. The highest BCUT2D eigenvalue weighted by atomic mass is 35.5. The fourth-order valence-electron chi connectivity index (χ4n) is 1.11. The molecule has 0 aromatic carbocycles. The number of anilines is 1. The Bertz CT molecular complexity index is 432. The second-order valence-electron chi connectivity index (χ2n) is 2.90. The lowest BCUT2D eigenvalue weighted by atomic mass is 10.4. The number of rotatable bonds is 3. The van der Waals surface area contributed by atoms with E-state index in [1.54, 1.807) is 24.7 Å². The second-order valence-corrected chi connectivity index (χ2v) is 3.28. The Labute approximate surface area is 92.4 Å². The van der Waals surface area contributed by atoms with Crippen LogP contribution >= 0.6 is 11.6 Å². The van der Waals surface area contributed by atoms with E-state index >= 15 is 0 Å². The molecule has 0 aliphatic carbocycles. The Kier molecular flexibility index (Phi) is 3.09. The number of hydrogen-bond acceptors (Lipinski definition) is 4. The second kappa shape index (κ2) is 4.70. The smallest absolute Gasteiger partial charge is 0.131 e. The lowest BCUT2D eigenvalue weighted by molar-refractivity contribution is 0.998. The molecule has 15 heavy (non-hydrogen) atoms. The van der Waals surface area contributed by atoms with Crippen LogP contribution in [0.1, 0.15) is 5.69 Å². The summed E-state index contributed by atoms with van der Waals surface area (Å²) in [5.41, 5.74) is 0.860. The molecular weight excluding hydrogens is 212 g/mol. The van der Waals surface area contributed by atoms with Crippen molar-refractivity contribution in [2.75, 3.05) is 5.32 Å². The van der Waals surface area contributed by atoms with Gasteiger partial charge in [0.1, 0.15) is 11.0 Å². The molecule has 2 heterocycles. The first-order chi connectivity index (χ1) is 7.34. The Morgan fingerprint density at radius 3 is 2.93 bits per heavy atom. The van der Waals surface area contributed by atoms with E-state index in [-0.39, 0.29) is 0 Å². The van der Waals surface area contributed by atoms with Gasteiger partial charge < -0.3 is 5.32 Å². The zero-order chi connectivity index (χ0) is 10.5. The fourth-order valence-corrected chi connectivity index (χ4v) is 1.27. The Hall–Kier alpha value is -1.68. The summed E-state index contributed by atoms with van der Waals surface area (Å²) >= 11 is 5.75. The van der Waals surface area contributed by atoms with Crippen molar-refractivity contribution in [1.29, 1.82) is 0 Å². The van der Waals surface area contributed by atoms with E-state index in [2.05, 4.69) is 20.3 Å². The van der Waals surface area contributed by atoms with Crippen molar-refractivity contribution in [2.45, 2.75) is 6.54 Å². The normalized spacial score (nSPS) is 9.93. The molecule has 0 atom stereocenters. The SMILES string of the molecule is Clc1cccc(NCc2cnccn2)n1. The van der Waals surface area contributed by atoms with Crippen molar-refractivity contribution >= 4 is 17.4 Å². The highest BCUT2D eigenvalue weighted by Gasteiger charge is 1.96. The van der Waals surface area contributed by atoms with Gasteiger partial charge in [0.05, 0.1) is 18.4 Å². The first-order valence-corrected chi connectivity index (χ1v) is 4.84. The average Bonchev–Trinajstić information content (AvgIpc) is 2.28. The topological polar surface area (TPSA) is 50.7 Å². The minimum absolute atomic E-state index is 0.471. The van der Waals surface area contributed by atoms with Crippen LogP contribution in [0.4, 0.5) is 5.82 Å². The highest BCUT2D eigenvalue weighted by molar-refractivity contribution is 6.29. The zero-order valence-electron chi connectivity index (χ0n) is 7.89. The third kappa shape index (κ3) is 2.89. The number of nitrogens with one attached hydrogen (secondary N) is 1. The minimum Gasteiger partial charge on any atom is -0.364 e. The third-order valence-corrected chi connectivity index (χ3v) is 1.99. The van der Waals surface area contributed by atoms with Crippen LogP contribution in [0.25, 0.3) is 0 Å². The molecule has 0 spiro atoms. The summed E-state index contributed by atoms with van der Waals surface area (Å²) in [6.07, 6.45) is 5.00. The predicted octanol–water partition coefficient (Wildman–Crippen LogP) is 2.14. The molecule has 5 heteroatoms. The van der Waals surface area contributed by atoms with Crippen LogP contribution in [0.3, 0.4) is 0 Å². The zero-order valence-corrected chi connectivity index (χ0v) is 8.65. The number of aromatic nitrogens is 3. The van der Waals surface area contributed by atoms with Gasteiger partial charge in [0, 0.05) is 12.4 Å². The van der Waals surface area contributed by atoms with Crippen molar-refractivity contribution in [3.05, 3.63) is 47.6 Å². The van der Waals surface area contributed by atoms with E-state index in [1.165, 1.54) is 0 Å². The Morgan fingerprint density at radius 1 is 1.27 bits per heavy atom. The van der Waals surface area contributed by atoms with E-state index in [9.17, 15) is 0 Å². The number of pyridine rings is 1. The lowest BCUT2D eigenvalue weighted by Gasteiger charge is -2.04. The van der Waals surface area contributed by atoms with E-state index in [0.717, 1.165) is 11.5 Å². The average molecular weight is 221 g/mol. The monoisotopic (exact) mass is 220 g/mol. The lowest BCUT2D eigenvalue weighted by Crippen LogP contribution is -2.03. The molecule has 4 nitrogen and oxygen atoms in total. The van der Waals surface area contributed by atoms with Gasteiger partial charge in [-0.2, -0.15) is 0 Å². The van der Waals surface area contributed by atoms with Crippen LogP contribution in [0.15, 0.2) is 36.8 Å². The van der Waals surface area contributed by atoms with Crippen LogP contribution in [0.2, 0.25) is 5.15 Å².